The number of hydrogen-bond donors (Lipinski definition) is 1. The molecule has 1 unspecified atom stereocenters. The molecule has 0 spiro atoms. The summed E-state index contributed by atoms with van der Waals surface area (Å²) in [5.41, 5.74) is 1.28. The van der Waals surface area contributed by atoms with Gasteiger partial charge in [-0.3, -0.25) is 5.32 Å². The molecule has 0 amide bonds. The summed E-state index contributed by atoms with van der Waals surface area (Å²) in [6, 6.07) is 7.92. The van der Waals surface area contributed by atoms with E-state index in [1.165, 1.54) is 5.56 Å². The summed E-state index contributed by atoms with van der Waals surface area (Å²) in [6.07, 6.45) is 1.28. The normalized spacial score (nSPS) is 22.1. The van der Waals surface area contributed by atoms with Crippen molar-refractivity contribution in [2.45, 2.75) is 12.5 Å². The summed E-state index contributed by atoms with van der Waals surface area (Å²) < 4.78 is 5.44. The topological polar surface area (TPSA) is 21.3 Å². The van der Waals surface area contributed by atoms with Crippen LogP contribution in [0.4, 0.5) is 0 Å². The van der Waals surface area contributed by atoms with E-state index in [0.717, 1.165) is 18.0 Å². The van der Waals surface area contributed by atoms with Gasteiger partial charge in [-0.05, 0) is 24.1 Å². The van der Waals surface area contributed by atoms with Crippen LogP contribution in [-0.2, 0) is 11.2 Å². The van der Waals surface area contributed by atoms with Crippen LogP contribution in [0.15, 0.2) is 24.3 Å². The Bertz CT molecular complexity index is 267. The van der Waals surface area contributed by atoms with Gasteiger partial charge in [0.1, 0.15) is 0 Å². The first-order chi connectivity index (χ1) is 6.34. The molecule has 1 heterocycles. The van der Waals surface area contributed by atoms with Gasteiger partial charge < -0.3 is 4.74 Å². The molecular formula is C10H12ClNO. The maximum absolute atomic E-state index is 5.78. The summed E-state index contributed by atoms with van der Waals surface area (Å²) in [7, 11) is 0. The van der Waals surface area contributed by atoms with Gasteiger partial charge >= 0.3 is 0 Å². The maximum Gasteiger partial charge on any atom is 0.0970 e. The van der Waals surface area contributed by atoms with Crippen LogP contribution < -0.4 is 5.32 Å². The van der Waals surface area contributed by atoms with E-state index in [4.69, 9.17) is 16.3 Å². The van der Waals surface area contributed by atoms with Crippen LogP contribution in [0, 0.1) is 0 Å². The fourth-order valence-electron chi connectivity index (χ4n) is 1.47. The zero-order chi connectivity index (χ0) is 9.10. The predicted molar refractivity (Wildman–Crippen MR) is 52.9 cm³/mol. The molecule has 1 atom stereocenters. The van der Waals surface area contributed by atoms with E-state index in [9.17, 15) is 0 Å². The SMILES string of the molecule is Clc1ccc(CC2CNCO2)cc1. The molecule has 2 nitrogen and oxygen atoms in total. The second-order valence-electron chi connectivity index (χ2n) is 3.22. The molecule has 2 rings (SSSR count). The van der Waals surface area contributed by atoms with Crippen molar-refractivity contribution in [2.75, 3.05) is 13.3 Å². The van der Waals surface area contributed by atoms with Crippen molar-refractivity contribution in [3.8, 4) is 0 Å². The second-order valence-corrected chi connectivity index (χ2v) is 3.65. The summed E-state index contributed by atoms with van der Waals surface area (Å²) >= 11 is 5.78. The molecule has 1 fully saturated rings. The average Bonchev–Trinajstić information content (AvgIpc) is 2.62. The van der Waals surface area contributed by atoms with Gasteiger partial charge in [-0.25, -0.2) is 0 Å². The predicted octanol–water partition coefficient (Wildman–Crippen LogP) is 1.83. The lowest BCUT2D eigenvalue weighted by Crippen LogP contribution is -2.16. The van der Waals surface area contributed by atoms with Crippen molar-refractivity contribution in [1.82, 2.24) is 5.32 Å². The summed E-state index contributed by atoms with van der Waals surface area (Å²) in [6.45, 7) is 1.63. The second kappa shape index (κ2) is 4.09. The Morgan fingerprint density at radius 2 is 2.15 bits per heavy atom. The zero-order valence-corrected chi connectivity index (χ0v) is 8.05. The van der Waals surface area contributed by atoms with Crippen molar-refractivity contribution < 1.29 is 4.74 Å². The molecule has 1 aromatic rings. The first kappa shape index (κ1) is 9.00. The van der Waals surface area contributed by atoms with Gasteiger partial charge in [-0.2, -0.15) is 0 Å². The fraction of sp³-hybridized carbons (Fsp3) is 0.400. The highest BCUT2D eigenvalue weighted by Gasteiger charge is 2.14. The Labute approximate surface area is 82.9 Å². The third-order valence-electron chi connectivity index (χ3n) is 2.17. The minimum atomic E-state index is 0.321. The van der Waals surface area contributed by atoms with Crippen LogP contribution in [-0.4, -0.2) is 19.4 Å². The first-order valence-electron chi connectivity index (χ1n) is 4.41. The molecule has 1 aliphatic rings. The molecule has 1 N–H and O–H groups in total. The fourth-order valence-corrected chi connectivity index (χ4v) is 1.60. The molecule has 0 aliphatic carbocycles. The summed E-state index contributed by atoms with van der Waals surface area (Å²) in [4.78, 5) is 0. The van der Waals surface area contributed by atoms with Crippen LogP contribution in [0.5, 0.6) is 0 Å². The Morgan fingerprint density at radius 1 is 1.38 bits per heavy atom. The smallest absolute Gasteiger partial charge is 0.0970 e. The molecule has 0 saturated carbocycles. The van der Waals surface area contributed by atoms with Gasteiger partial charge in [0, 0.05) is 11.6 Å². The monoisotopic (exact) mass is 197 g/mol. The largest absolute Gasteiger partial charge is 0.361 e. The Balaban J connectivity index is 1.97. The van der Waals surface area contributed by atoms with Crippen LogP contribution in [0.1, 0.15) is 5.56 Å². The van der Waals surface area contributed by atoms with Gasteiger partial charge in [0.2, 0.25) is 0 Å². The van der Waals surface area contributed by atoms with E-state index in [2.05, 4.69) is 5.32 Å². The lowest BCUT2D eigenvalue weighted by atomic mass is 10.1. The number of benzene rings is 1. The van der Waals surface area contributed by atoms with Crippen molar-refractivity contribution in [3.63, 3.8) is 0 Å². The maximum atomic E-state index is 5.78. The standard InChI is InChI=1S/C10H12ClNO/c11-9-3-1-8(2-4-9)5-10-6-12-7-13-10/h1-4,10,12H,5-7H2. The van der Waals surface area contributed by atoms with Gasteiger partial charge in [-0.15, -0.1) is 0 Å². The quantitative estimate of drug-likeness (QED) is 0.781. The molecule has 0 bridgehead atoms. The van der Waals surface area contributed by atoms with Crippen LogP contribution >= 0.6 is 11.6 Å². The average molecular weight is 198 g/mol. The molecule has 13 heavy (non-hydrogen) atoms. The van der Waals surface area contributed by atoms with E-state index in [1.54, 1.807) is 0 Å². The van der Waals surface area contributed by atoms with Gasteiger partial charge in [0.25, 0.3) is 0 Å². The number of hydrogen-bond acceptors (Lipinski definition) is 2. The summed E-state index contributed by atoms with van der Waals surface area (Å²) in [5, 5.41) is 3.94. The van der Waals surface area contributed by atoms with Crippen molar-refractivity contribution in [2.24, 2.45) is 0 Å². The molecule has 1 aliphatic heterocycles. The number of nitrogens with one attached hydrogen (secondary N) is 1. The molecule has 0 radical (unpaired) electrons. The number of ether oxygens (including phenoxy) is 1. The summed E-state index contributed by atoms with van der Waals surface area (Å²) in [5.74, 6) is 0. The highest BCUT2D eigenvalue weighted by molar-refractivity contribution is 6.30. The van der Waals surface area contributed by atoms with Crippen molar-refractivity contribution in [3.05, 3.63) is 34.9 Å². The lowest BCUT2D eigenvalue weighted by molar-refractivity contribution is 0.114. The van der Waals surface area contributed by atoms with E-state index < -0.39 is 0 Å². The Morgan fingerprint density at radius 3 is 2.77 bits per heavy atom. The lowest BCUT2D eigenvalue weighted by Gasteiger charge is -2.07. The molecule has 3 heteroatoms. The van der Waals surface area contributed by atoms with Crippen molar-refractivity contribution in [1.29, 1.82) is 0 Å². The number of rotatable bonds is 2. The molecule has 1 saturated heterocycles. The van der Waals surface area contributed by atoms with Crippen LogP contribution in [0.2, 0.25) is 5.02 Å². The Hall–Kier alpha value is -0.570. The molecule has 70 valence electrons. The van der Waals surface area contributed by atoms with Gasteiger partial charge in [-0.1, -0.05) is 23.7 Å². The van der Waals surface area contributed by atoms with E-state index in [-0.39, 0.29) is 0 Å². The minimum absolute atomic E-state index is 0.321. The van der Waals surface area contributed by atoms with Crippen molar-refractivity contribution >= 4 is 11.6 Å². The third-order valence-corrected chi connectivity index (χ3v) is 2.42. The van der Waals surface area contributed by atoms with Crippen LogP contribution in [0.25, 0.3) is 0 Å². The molecule has 1 aromatic carbocycles. The zero-order valence-electron chi connectivity index (χ0n) is 7.29. The highest BCUT2D eigenvalue weighted by Crippen LogP contribution is 2.12. The Kier molecular flexibility index (Phi) is 2.83. The molecule has 0 aromatic heterocycles. The third kappa shape index (κ3) is 2.44. The first-order valence-corrected chi connectivity index (χ1v) is 4.79. The minimum Gasteiger partial charge on any atom is -0.361 e. The van der Waals surface area contributed by atoms with Crippen LogP contribution in [0.3, 0.4) is 0 Å². The van der Waals surface area contributed by atoms with E-state index in [1.807, 2.05) is 24.3 Å². The molecular weight excluding hydrogens is 186 g/mol. The highest BCUT2D eigenvalue weighted by atomic mass is 35.5. The number of halogens is 1. The van der Waals surface area contributed by atoms with Gasteiger partial charge in [0.15, 0.2) is 0 Å². The van der Waals surface area contributed by atoms with E-state index in [0.29, 0.717) is 12.8 Å². The van der Waals surface area contributed by atoms with Gasteiger partial charge in [0.05, 0.1) is 12.8 Å². The van der Waals surface area contributed by atoms with E-state index >= 15 is 0 Å².